The van der Waals surface area contributed by atoms with E-state index in [0.29, 0.717) is 0 Å². The summed E-state index contributed by atoms with van der Waals surface area (Å²) in [7, 11) is 0. The van der Waals surface area contributed by atoms with Crippen molar-refractivity contribution in [3.63, 3.8) is 0 Å². The lowest BCUT2D eigenvalue weighted by molar-refractivity contribution is 0.464. The number of hydrogen-bond donors (Lipinski definition) is 0. The van der Waals surface area contributed by atoms with E-state index in [1.165, 1.54) is 0 Å². The summed E-state index contributed by atoms with van der Waals surface area (Å²) in [6.07, 6.45) is 0. The lowest BCUT2D eigenvalue weighted by Crippen LogP contribution is -2.61. The molecule has 0 radical (unpaired) electrons. The Morgan fingerprint density at radius 2 is 0.610 bits per heavy atom. The van der Waals surface area contributed by atoms with Crippen LogP contribution in [0, 0.1) is 0 Å². The van der Waals surface area contributed by atoms with Crippen molar-refractivity contribution in [3.8, 4) is 23.0 Å². The van der Waals surface area contributed by atoms with Gasteiger partial charge in [-0.1, -0.05) is 146 Å². The van der Waals surface area contributed by atoms with Gasteiger partial charge in [0.2, 0.25) is 0 Å². The Kier molecular flexibility index (Phi) is 8.69. The molecule has 10 heteroatoms. The van der Waals surface area contributed by atoms with Crippen LogP contribution < -0.4 is 40.6 Å². The Bertz CT molecular complexity index is 4890. The van der Waals surface area contributed by atoms with Crippen molar-refractivity contribution in [2.24, 2.45) is 0 Å². The summed E-state index contributed by atoms with van der Waals surface area (Å²) in [4.78, 5) is 6.96. The smallest absolute Gasteiger partial charge is 0.266 e. The van der Waals surface area contributed by atoms with Gasteiger partial charge in [-0.3, -0.25) is 0 Å². The number of ether oxygens (including phenoxy) is 2. The Hall–Kier alpha value is -11.1. The van der Waals surface area contributed by atoms with Crippen molar-refractivity contribution in [2.45, 2.75) is 0 Å². The Balaban J connectivity index is 0.912. The molecule has 0 fully saturated rings. The van der Waals surface area contributed by atoms with Crippen LogP contribution in [-0.4, -0.2) is 6.71 Å². The van der Waals surface area contributed by atoms with Crippen LogP contribution in [-0.2, 0) is 0 Å². The van der Waals surface area contributed by atoms with E-state index in [9.17, 15) is 0 Å². The fourth-order valence-corrected chi connectivity index (χ4v) is 13.7. The molecule has 82 heavy (non-hydrogen) atoms. The Morgan fingerprint density at radius 1 is 0.280 bits per heavy atom. The van der Waals surface area contributed by atoms with E-state index in [4.69, 9.17) is 27.1 Å². The van der Waals surface area contributed by atoms with Crippen LogP contribution in [0.4, 0.5) is 51.2 Å². The first-order valence-corrected chi connectivity index (χ1v) is 27.6. The highest BCUT2D eigenvalue weighted by Gasteiger charge is 2.49. The minimum absolute atomic E-state index is 0.260. The molecule has 382 valence electrons. The van der Waals surface area contributed by atoms with Gasteiger partial charge in [0.15, 0.2) is 22.3 Å². The largest absolute Gasteiger partial charge is 0.458 e. The second kappa shape index (κ2) is 16.3. The van der Waals surface area contributed by atoms with E-state index in [2.05, 4.69) is 203 Å². The summed E-state index contributed by atoms with van der Waals surface area (Å²) >= 11 is 0. The van der Waals surface area contributed by atoms with Crippen LogP contribution in [0.5, 0.6) is 23.0 Å². The van der Waals surface area contributed by atoms with Crippen LogP contribution in [0.2, 0.25) is 0 Å². The van der Waals surface area contributed by atoms with Crippen LogP contribution in [0.3, 0.4) is 0 Å². The van der Waals surface area contributed by atoms with Crippen molar-refractivity contribution >= 4 is 162 Å². The van der Waals surface area contributed by atoms with Crippen molar-refractivity contribution in [2.75, 3.05) is 14.7 Å². The van der Waals surface area contributed by atoms with Crippen molar-refractivity contribution < 1.29 is 27.1 Å². The molecule has 4 aromatic heterocycles. The maximum absolute atomic E-state index is 7.27. The standard InChI is InChI=1S/C72H40BN3O6/c1-2-17-41(18-3-1)74-56-37-42(75(52-27-12-23-48-44-19-4-8-31-58(44)79-69(48)52)53-28-13-24-49-45-20-5-9-32-59(45)80-70(49)53)39-64-66(56)73-67-57(74)38-43(40-65(67)78-63-36-16-35-62(77-64)68(63)73)76(54-29-14-25-50-46-21-6-10-33-60(46)81-71(50)54)55-30-15-26-51-47-22-7-11-34-61(47)82-72(51)55/h1-40H. The van der Waals surface area contributed by atoms with E-state index in [1.807, 2.05) is 54.6 Å². The molecule has 9 nitrogen and oxygen atoms in total. The number of fused-ring (bicyclic) bond motifs is 12. The second-order valence-electron chi connectivity index (χ2n) is 21.4. The summed E-state index contributed by atoms with van der Waals surface area (Å²) in [5.74, 6) is 2.96. The third-order valence-corrected chi connectivity index (χ3v) is 17.1. The first kappa shape index (κ1) is 43.8. The molecule has 0 saturated carbocycles. The molecule has 3 aliphatic rings. The van der Waals surface area contributed by atoms with Crippen LogP contribution in [0.15, 0.2) is 260 Å². The van der Waals surface area contributed by atoms with E-state index < -0.39 is 0 Å². The second-order valence-corrected chi connectivity index (χ2v) is 21.4. The maximum Gasteiger partial charge on any atom is 0.266 e. The van der Waals surface area contributed by atoms with Gasteiger partial charge in [-0.05, 0) is 95.9 Å². The predicted octanol–water partition coefficient (Wildman–Crippen LogP) is 18.7. The third-order valence-electron chi connectivity index (χ3n) is 17.1. The third kappa shape index (κ3) is 5.96. The lowest BCUT2D eigenvalue weighted by Gasteiger charge is -2.44. The van der Waals surface area contributed by atoms with Gasteiger partial charge in [0.1, 0.15) is 45.3 Å². The van der Waals surface area contributed by atoms with Crippen molar-refractivity contribution in [1.29, 1.82) is 0 Å². The highest BCUT2D eigenvalue weighted by atomic mass is 16.5. The fraction of sp³-hybridized carbons (Fsp3) is 0. The van der Waals surface area contributed by atoms with E-state index in [1.54, 1.807) is 0 Å². The fourth-order valence-electron chi connectivity index (χ4n) is 13.7. The monoisotopic (exact) mass is 1050 g/mol. The quantitative estimate of drug-likeness (QED) is 0.145. The topological polar surface area (TPSA) is 80.7 Å². The first-order chi connectivity index (χ1) is 40.7. The van der Waals surface area contributed by atoms with Crippen LogP contribution in [0.1, 0.15) is 0 Å². The zero-order chi connectivity index (χ0) is 53.3. The predicted molar refractivity (Wildman–Crippen MR) is 331 cm³/mol. The average molecular weight is 1050 g/mol. The SMILES string of the molecule is c1ccc(N2c3cc(N(c4cccc5c4oc4ccccc45)c4cccc5c4oc4ccccc45)cc4c3B3c5c(cccc5Oc5cc(N(c6cccc7c6oc6ccccc67)c6cccc7c6oc6ccccc67)cc2c53)O4)cc1. The molecule has 0 unspecified atom stereocenters. The van der Waals surface area contributed by atoms with Crippen LogP contribution >= 0.6 is 0 Å². The molecule has 0 aliphatic carbocycles. The van der Waals surface area contributed by atoms with Gasteiger partial charge in [0.25, 0.3) is 6.71 Å². The molecule has 12 aromatic carbocycles. The van der Waals surface area contributed by atoms with Gasteiger partial charge in [0.05, 0.1) is 34.1 Å². The number of para-hydroxylation sites is 9. The minimum Gasteiger partial charge on any atom is -0.458 e. The number of nitrogens with zero attached hydrogens (tertiary/aromatic N) is 3. The minimum atomic E-state index is -0.260. The van der Waals surface area contributed by atoms with E-state index in [0.717, 1.165) is 178 Å². The van der Waals surface area contributed by atoms with Gasteiger partial charge in [0, 0.05) is 77.7 Å². The molecule has 7 heterocycles. The summed E-state index contributed by atoms with van der Waals surface area (Å²) in [5, 5.41) is 8.20. The first-order valence-electron chi connectivity index (χ1n) is 27.6. The number of hydrogen-bond acceptors (Lipinski definition) is 9. The van der Waals surface area contributed by atoms with Crippen molar-refractivity contribution in [3.05, 3.63) is 243 Å². The summed E-state index contributed by atoms with van der Waals surface area (Å²) in [6, 6.07) is 84.3. The molecule has 3 aliphatic heterocycles. The lowest BCUT2D eigenvalue weighted by atomic mass is 9.33. The molecule has 19 rings (SSSR count). The zero-order valence-electron chi connectivity index (χ0n) is 43.5. The molecular formula is C72H40BN3O6. The molecular weight excluding hydrogens is 1010 g/mol. The maximum atomic E-state index is 7.27. The van der Waals surface area contributed by atoms with Crippen molar-refractivity contribution in [1.82, 2.24) is 0 Å². The summed E-state index contributed by atoms with van der Waals surface area (Å²) in [5.41, 5.74) is 17.2. The number of benzene rings is 12. The van der Waals surface area contributed by atoms with Gasteiger partial charge >= 0.3 is 0 Å². The summed E-state index contributed by atoms with van der Waals surface area (Å²) < 4.78 is 42.3. The van der Waals surface area contributed by atoms with Gasteiger partial charge < -0.3 is 41.8 Å². The Labute approximate surface area is 467 Å². The van der Waals surface area contributed by atoms with Crippen LogP contribution in [0.25, 0.3) is 87.8 Å². The normalized spacial score (nSPS) is 13.0. The highest BCUT2D eigenvalue weighted by Crippen LogP contribution is 2.54. The number of anilines is 9. The van der Waals surface area contributed by atoms with E-state index in [-0.39, 0.29) is 6.71 Å². The summed E-state index contributed by atoms with van der Waals surface area (Å²) in [6.45, 7) is -0.260. The van der Waals surface area contributed by atoms with Gasteiger partial charge in [-0.25, -0.2) is 0 Å². The molecule has 0 N–H and O–H groups in total. The molecule has 0 bridgehead atoms. The zero-order valence-corrected chi connectivity index (χ0v) is 43.5. The van der Waals surface area contributed by atoms with Gasteiger partial charge in [-0.15, -0.1) is 0 Å². The number of furan rings is 4. The molecule has 0 spiro atoms. The molecule has 0 saturated heterocycles. The molecule has 0 atom stereocenters. The van der Waals surface area contributed by atoms with Gasteiger partial charge in [-0.2, -0.15) is 0 Å². The highest BCUT2D eigenvalue weighted by molar-refractivity contribution is 7.00. The average Bonchev–Trinajstić information content (AvgIpc) is 2.06. The Morgan fingerprint density at radius 3 is 0.988 bits per heavy atom. The number of rotatable bonds is 7. The molecule has 0 amide bonds. The van der Waals surface area contributed by atoms with E-state index >= 15 is 0 Å². The molecule has 16 aromatic rings.